The van der Waals surface area contributed by atoms with E-state index in [0.717, 1.165) is 29.9 Å². The van der Waals surface area contributed by atoms with Crippen molar-refractivity contribution in [2.24, 2.45) is 0 Å². The van der Waals surface area contributed by atoms with Crippen molar-refractivity contribution in [1.82, 2.24) is 5.32 Å². The van der Waals surface area contributed by atoms with E-state index >= 15 is 0 Å². The topological polar surface area (TPSA) is 56.8 Å². The van der Waals surface area contributed by atoms with Crippen LogP contribution < -0.4 is 19.5 Å². The van der Waals surface area contributed by atoms with Crippen molar-refractivity contribution in [3.63, 3.8) is 0 Å². The average molecular weight is 386 g/mol. The first-order valence-corrected chi connectivity index (χ1v) is 9.36. The van der Waals surface area contributed by atoms with E-state index in [-0.39, 0.29) is 5.91 Å². The Morgan fingerprint density at radius 3 is 2.85 bits per heavy atom. The van der Waals surface area contributed by atoms with Crippen molar-refractivity contribution < 1.29 is 19.0 Å². The maximum absolute atomic E-state index is 12.0. The molecule has 5 nitrogen and oxygen atoms in total. The number of ether oxygens (including phenoxy) is 3. The van der Waals surface area contributed by atoms with Gasteiger partial charge < -0.3 is 19.5 Å². The minimum absolute atomic E-state index is 0.129. The number of fused-ring (bicyclic) bond motifs is 2. The van der Waals surface area contributed by atoms with Gasteiger partial charge in [0.05, 0.1) is 11.6 Å². The molecule has 2 aromatic rings. The molecule has 0 spiro atoms. The number of hydrogen-bond acceptors (Lipinski definition) is 4. The van der Waals surface area contributed by atoms with E-state index in [0.29, 0.717) is 42.7 Å². The standard InChI is InChI=1S/C21H20ClNO4/c22-17-12-15(13-19-21(17)27-10-9-26-19)5-7-23-20(24)4-2-14-1-3-18-16(11-14)6-8-25-18/h1-4,11-13H,5-10H2,(H,23,24)/b4-2+. The Hall–Kier alpha value is -2.66. The molecule has 1 N–H and O–H groups in total. The van der Waals surface area contributed by atoms with Crippen LogP contribution in [0.15, 0.2) is 36.4 Å². The predicted molar refractivity (Wildman–Crippen MR) is 104 cm³/mol. The van der Waals surface area contributed by atoms with Crippen LogP contribution in [0, 0.1) is 0 Å². The van der Waals surface area contributed by atoms with E-state index in [4.69, 9.17) is 25.8 Å². The summed E-state index contributed by atoms with van der Waals surface area (Å²) < 4.78 is 16.6. The molecule has 6 heteroatoms. The Labute approximate surface area is 162 Å². The Morgan fingerprint density at radius 1 is 1.07 bits per heavy atom. The zero-order valence-electron chi connectivity index (χ0n) is 14.8. The molecular formula is C21H20ClNO4. The molecule has 0 aromatic heterocycles. The summed E-state index contributed by atoms with van der Waals surface area (Å²) in [6, 6.07) is 9.72. The first-order chi connectivity index (χ1) is 13.2. The van der Waals surface area contributed by atoms with Crippen LogP contribution >= 0.6 is 11.6 Å². The third kappa shape index (κ3) is 4.19. The first kappa shape index (κ1) is 17.7. The molecule has 0 saturated heterocycles. The minimum Gasteiger partial charge on any atom is -0.493 e. The lowest BCUT2D eigenvalue weighted by molar-refractivity contribution is -0.116. The van der Waals surface area contributed by atoms with Crippen LogP contribution in [0.4, 0.5) is 0 Å². The number of halogens is 1. The number of hydrogen-bond donors (Lipinski definition) is 1. The van der Waals surface area contributed by atoms with E-state index < -0.39 is 0 Å². The van der Waals surface area contributed by atoms with E-state index in [1.165, 1.54) is 5.56 Å². The van der Waals surface area contributed by atoms with Crippen molar-refractivity contribution in [3.8, 4) is 17.2 Å². The van der Waals surface area contributed by atoms with Gasteiger partial charge in [-0.2, -0.15) is 0 Å². The molecular weight excluding hydrogens is 366 g/mol. The fourth-order valence-corrected chi connectivity index (χ4v) is 3.47. The van der Waals surface area contributed by atoms with Gasteiger partial charge in [0.2, 0.25) is 5.91 Å². The van der Waals surface area contributed by atoms with Crippen LogP contribution in [0.2, 0.25) is 5.02 Å². The fraction of sp³-hybridized carbons (Fsp3) is 0.286. The molecule has 0 radical (unpaired) electrons. The highest BCUT2D eigenvalue weighted by molar-refractivity contribution is 6.32. The second-order valence-electron chi connectivity index (χ2n) is 6.44. The van der Waals surface area contributed by atoms with Crippen LogP contribution in [0.3, 0.4) is 0 Å². The third-order valence-corrected chi connectivity index (χ3v) is 4.79. The number of nitrogens with one attached hydrogen (secondary N) is 1. The molecule has 0 bridgehead atoms. The molecule has 27 heavy (non-hydrogen) atoms. The molecule has 0 aliphatic carbocycles. The lowest BCUT2D eigenvalue weighted by Gasteiger charge is -2.20. The van der Waals surface area contributed by atoms with Crippen LogP contribution in [-0.2, 0) is 17.6 Å². The third-order valence-electron chi connectivity index (χ3n) is 4.51. The summed E-state index contributed by atoms with van der Waals surface area (Å²) in [5, 5.41) is 3.42. The van der Waals surface area contributed by atoms with E-state index in [1.54, 1.807) is 6.08 Å². The highest BCUT2D eigenvalue weighted by Crippen LogP contribution is 2.38. The summed E-state index contributed by atoms with van der Waals surface area (Å²) >= 11 is 6.23. The Morgan fingerprint density at radius 2 is 1.93 bits per heavy atom. The summed E-state index contributed by atoms with van der Waals surface area (Å²) in [6.07, 6.45) is 4.94. The van der Waals surface area contributed by atoms with Crippen LogP contribution in [0.1, 0.15) is 16.7 Å². The van der Waals surface area contributed by atoms with E-state index in [2.05, 4.69) is 11.4 Å². The smallest absolute Gasteiger partial charge is 0.244 e. The number of carbonyl (C=O) groups excluding carboxylic acids is 1. The quantitative estimate of drug-likeness (QED) is 0.801. The van der Waals surface area contributed by atoms with Gasteiger partial charge in [-0.25, -0.2) is 0 Å². The van der Waals surface area contributed by atoms with Gasteiger partial charge in [0.25, 0.3) is 0 Å². The maximum Gasteiger partial charge on any atom is 0.244 e. The van der Waals surface area contributed by atoms with Crippen LogP contribution in [0.25, 0.3) is 6.08 Å². The summed E-state index contributed by atoms with van der Waals surface area (Å²) in [7, 11) is 0. The van der Waals surface area contributed by atoms with Gasteiger partial charge in [0, 0.05) is 19.0 Å². The molecule has 2 aliphatic heterocycles. The number of amides is 1. The molecule has 0 unspecified atom stereocenters. The van der Waals surface area contributed by atoms with Crippen molar-refractivity contribution in [1.29, 1.82) is 0 Å². The number of benzene rings is 2. The van der Waals surface area contributed by atoms with Crippen molar-refractivity contribution in [2.75, 3.05) is 26.4 Å². The van der Waals surface area contributed by atoms with Crippen molar-refractivity contribution in [3.05, 3.63) is 58.1 Å². The van der Waals surface area contributed by atoms with Gasteiger partial charge in [-0.3, -0.25) is 4.79 Å². The fourth-order valence-electron chi connectivity index (χ4n) is 3.18. The molecule has 2 aliphatic rings. The molecule has 2 heterocycles. The van der Waals surface area contributed by atoms with Crippen LogP contribution in [-0.4, -0.2) is 32.3 Å². The Balaban J connectivity index is 1.30. The van der Waals surface area contributed by atoms with Crippen molar-refractivity contribution in [2.45, 2.75) is 12.8 Å². The number of carbonyl (C=O) groups is 1. The molecule has 0 fully saturated rings. The zero-order valence-corrected chi connectivity index (χ0v) is 15.6. The Bertz CT molecular complexity index is 894. The lowest BCUT2D eigenvalue weighted by atomic mass is 10.1. The second kappa shape index (κ2) is 7.92. The summed E-state index contributed by atoms with van der Waals surface area (Å²) in [4.78, 5) is 12.0. The zero-order chi connectivity index (χ0) is 18.6. The lowest BCUT2D eigenvalue weighted by Crippen LogP contribution is -2.23. The van der Waals surface area contributed by atoms with Crippen LogP contribution in [0.5, 0.6) is 17.2 Å². The average Bonchev–Trinajstić information content (AvgIpc) is 3.14. The summed E-state index contributed by atoms with van der Waals surface area (Å²) in [6.45, 7) is 2.26. The van der Waals surface area contributed by atoms with E-state index in [1.807, 2.05) is 30.3 Å². The van der Waals surface area contributed by atoms with Gasteiger partial charge in [-0.15, -0.1) is 0 Å². The highest BCUT2D eigenvalue weighted by Gasteiger charge is 2.16. The van der Waals surface area contributed by atoms with Gasteiger partial charge in [0.15, 0.2) is 11.5 Å². The molecule has 4 rings (SSSR count). The van der Waals surface area contributed by atoms with E-state index in [9.17, 15) is 4.79 Å². The van der Waals surface area contributed by atoms with Gasteiger partial charge in [-0.1, -0.05) is 17.7 Å². The van der Waals surface area contributed by atoms with Gasteiger partial charge in [0.1, 0.15) is 19.0 Å². The number of rotatable bonds is 5. The first-order valence-electron chi connectivity index (χ1n) is 8.99. The normalized spacial score (nSPS) is 14.7. The minimum atomic E-state index is -0.129. The molecule has 1 amide bonds. The van der Waals surface area contributed by atoms with Gasteiger partial charge in [-0.05, 0) is 53.5 Å². The largest absolute Gasteiger partial charge is 0.493 e. The monoisotopic (exact) mass is 385 g/mol. The SMILES string of the molecule is O=C(/C=C/c1ccc2c(c1)CCO2)NCCc1cc(Cl)c2c(c1)OCCO2. The Kier molecular flexibility index (Phi) is 5.21. The summed E-state index contributed by atoms with van der Waals surface area (Å²) in [5.41, 5.74) is 3.17. The predicted octanol–water partition coefficient (Wildman–Crippen LogP) is 3.42. The molecule has 0 saturated carbocycles. The molecule has 0 atom stereocenters. The molecule has 140 valence electrons. The second-order valence-corrected chi connectivity index (χ2v) is 6.85. The highest BCUT2D eigenvalue weighted by atomic mass is 35.5. The summed E-state index contributed by atoms with van der Waals surface area (Å²) in [5.74, 6) is 2.07. The van der Waals surface area contributed by atoms with Crippen molar-refractivity contribution >= 4 is 23.6 Å². The molecule has 2 aromatic carbocycles. The maximum atomic E-state index is 12.0. The van der Waals surface area contributed by atoms with Gasteiger partial charge >= 0.3 is 0 Å².